The molecule has 1 saturated heterocycles. The first-order valence-electron chi connectivity index (χ1n) is 15.2. The van der Waals surface area contributed by atoms with Crippen LogP contribution in [0.1, 0.15) is 106 Å². The molecule has 1 aromatic heterocycles. The minimum atomic E-state index is -1.78. The zero-order valence-electron chi connectivity index (χ0n) is 24.8. The zero-order chi connectivity index (χ0) is 27.7. The molecule has 2 heterocycles. The second-order valence-corrected chi connectivity index (χ2v) is 18.9. The number of amides is 2. The highest BCUT2D eigenvalue weighted by Gasteiger charge is 2.41. The second kappa shape index (κ2) is 9.72. The van der Waals surface area contributed by atoms with Gasteiger partial charge in [-0.25, -0.2) is 4.98 Å². The van der Waals surface area contributed by atoms with Crippen LogP contribution < -0.4 is 0 Å². The summed E-state index contributed by atoms with van der Waals surface area (Å²) in [5.41, 5.74) is 4.76. The summed E-state index contributed by atoms with van der Waals surface area (Å²) in [7, 11) is 0.173. The predicted molar refractivity (Wildman–Crippen MR) is 157 cm³/mol. The molecule has 212 valence electrons. The number of nitrogens with zero attached hydrogens (tertiary/aromatic N) is 4. The minimum absolute atomic E-state index is 0.0665. The lowest BCUT2D eigenvalue weighted by molar-refractivity contribution is -0.138. The van der Waals surface area contributed by atoms with Crippen LogP contribution in [-0.4, -0.2) is 71.3 Å². The Morgan fingerprint density at radius 1 is 0.974 bits per heavy atom. The molecule has 1 aromatic carbocycles. The standard InChI is InChI=1S/C31H46N4O3Si/c1-31(2,3)39(5,6)38-24-13-11-23(12-14-24)35-16-15-34(19-27(35)36)30(37)29-32-28-25(21-9-10-21)17-22(20-7-8-20)18-26(28)33(29)4/h17-18,20-21,23-24H,7-16,19H2,1-6H3. The van der Waals surface area contributed by atoms with Gasteiger partial charge in [0.05, 0.1) is 11.0 Å². The van der Waals surface area contributed by atoms with Gasteiger partial charge in [0.1, 0.15) is 6.54 Å². The molecule has 2 aromatic rings. The molecule has 0 spiro atoms. The molecule has 0 unspecified atom stereocenters. The Labute approximate surface area is 234 Å². The van der Waals surface area contributed by atoms with E-state index < -0.39 is 8.32 Å². The molecule has 8 heteroatoms. The fraction of sp³-hybridized carbons (Fsp3) is 0.710. The van der Waals surface area contributed by atoms with Gasteiger partial charge in [-0.3, -0.25) is 9.59 Å². The number of aromatic nitrogens is 2. The summed E-state index contributed by atoms with van der Waals surface area (Å²) in [5, 5.41) is 0.209. The van der Waals surface area contributed by atoms with Gasteiger partial charge in [-0.2, -0.15) is 0 Å². The van der Waals surface area contributed by atoms with Crippen LogP contribution in [0.3, 0.4) is 0 Å². The van der Waals surface area contributed by atoms with Crippen molar-refractivity contribution in [3.8, 4) is 0 Å². The number of carbonyl (C=O) groups is 2. The molecule has 4 fully saturated rings. The average Bonchev–Trinajstić information content (AvgIpc) is 3.80. The van der Waals surface area contributed by atoms with Gasteiger partial charge in [-0.15, -0.1) is 0 Å². The number of hydrogen-bond acceptors (Lipinski definition) is 4. The van der Waals surface area contributed by atoms with E-state index in [9.17, 15) is 9.59 Å². The van der Waals surface area contributed by atoms with Crippen molar-refractivity contribution < 1.29 is 14.0 Å². The Morgan fingerprint density at radius 3 is 2.23 bits per heavy atom. The molecule has 6 rings (SSSR count). The number of rotatable bonds is 6. The fourth-order valence-electron chi connectivity index (χ4n) is 6.34. The minimum Gasteiger partial charge on any atom is -0.414 e. The molecule has 3 saturated carbocycles. The van der Waals surface area contributed by atoms with E-state index in [-0.39, 0.29) is 29.4 Å². The Bertz CT molecular complexity index is 1280. The van der Waals surface area contributed by atoms with E-state index in [1.165, 1.54) is 36.8 Å². The largest absolute Gasteiger partial charge is 0.414 e. The molecule has 39 heavy (non-hydrogen) atoms. The van der Waals surface area contributed by atoms with Crippen LogP contribution in [0.25, 0.3) is 11.0 Å². The summed E-state index contributed by atoms with van der Waals surface area (Å²) in [5.74, 6) is 1.65. The molecule has 7 nitrogen and oxygen atoms in total. The lowest BCUT2D eigenvalue weighted by atomic mass is 9.91. The van der Waals surface area contributed by atoms with Gasteiger partial charge in [0, 0.05) is 32.3 Å². The van der Waals surface area contributed by atoms with E-state index >= 15 is 0 Å². The van der Waals surface area contributed by atoms with E-state index in [4.69, 9.17) is 9.41 Å². The summed E-state index contributed by atoms with van der Waals surface area (Å²) < 4.78 is 8.63. The van der Waals surface area contributed by atoms with Crippen molar-refractivity contribution in [1.29, 1.82) is 0 Å². The molecule has 1 aliphatic heterocycles. The number of piperazine rings is 1. The van der Waals surface area contributed by atoms with Crippen molar-refractivity contribution >= 4 is 31.2 Å². The van der Waals surface area contributed by atoms with E-state index in [0.29, 0.717) is 36.9 Å². The average molecular weight is 551 g/mol. The first-order valence-corrected chi connectivity index (χ1v) is 18.1. The second-order valence-electron chi connectivity index (χ2n) is 14.1. The highest BCUT2D eigenvalue weighted by molar-refractivity contribution is 6.74. The summed E-state index contributed by atoms with van der Waals surface area (Å²) in [6.07, 6.45) is 9.24. The summed E-state index contributed by atoms with van der Waals surface area (Å²) in [6, 6.07) is 4.86. The highest BCUT2D eigenvalue weighted by Crippen LogP contribution is 2.47. The quantitative estimate of drug-likeness (QED) is 0.417. The third-order valence-corrected chi connectivity index (χ3v) is 14.7. The molecule has 0 radical (unpaired) electrons. The first kappa shape index (κ1) is 27.0. The molecule has 4 aliphatic rings. The number of imidazole rings is 1. The number of carbonyl (C=O) groups excluding carboxylic acids is 2. The first-order chi connectivity index (χ1) is 18.4. The van der Waals surface area contributed by atoms with Crippen molar-refractivity contribution in [2.75, 3.05) is 19.6 Å². The monoisotopic (exact) mass is 550 g/mol. The van der Waals surface area contributed by atoms with E-state index in [0.717, 1.165) is 36.7 Å². The van der Waals surface area contributed by atoms with Crippen molar-refractivity contribution in [2.45, 2.75) is 114 Å². The number of fused-ring (bicyclic) bond motifs is 1. The molecular formula is C31H46N4O3Si. The van der Waals surface area contributed by atoms with Gasteiger partial charge < -0.3 is 18.8 Å². The van der Waals surface area contributed by atoms with Crippen LogP contribution >= 0.6 is 0 Å². The fourth-order valence-corrected chi connectivity index (χ4v) is 7.76. The molecule has 2 amide bonds. The van der Waals surface area contributed by atoms with Crippen molar-refractivity contribution in [3.63, 3.8) is 0 Å². The maximum atomic E-state index is 13.7. The lowest BCUT2D eigenvalue weighted by Crippen LogP contribution is -2.56. The van der Waals surface area contributed by atoms with Gasteiger partial charge in [0.25, 0.3) is 5.91 Å². The smallest absolute Gasteiger partial charge is 0.290 e. The van der Waals surface area contributed by atoms with Crippen molar-refractivity contribution in [1.82, 2.24) is 19.4 Å². The summed E-state index contributed by atoms with van der Waals surface area (Å²) >= 11 is 0. The number of hydrogen-bond donors (Lipinski definition) is 0. The van der Waals surface area contributed by atoms with Gasteiger partial charge in [-0.05, 0) is 98.5 Å². The Kier molecular flexibility index (Phi) is 6.73. The SMILES string of the molecule is Cn1c(C(=O)N2CCN(C3CCC(O[Si](C)(C)C(C)(C)C)CC3)C(=O)C2)nc2c(C3CC3)cc(C3CC3)cc21. The van der Waals surface area contributed by atoms with Gasteiger partial charge in [0.2, 0.25) is 5.91 Å². The molecular weight excluding hydrogens is 504 g/mol. The van der Waals surface area contributed by atoms with Crippen LogP contribution in [0, 0.1) is 0 Å². The van der Waals surface area contributed by atoms with Crippen LogP contribution in [0.15, 0.2) is 12.1 Å². The third-order valence-electron chi connectivity index (χ3n) is 10.2. The summed E-state index contributed by atoms with van der Waals surface area (Å²) in [6.45, 7) is 12.8. The Balaban J connectivity index is 1.11. The maximum absolute atomic E-state index is 13.7. The van der Waals surface area contributed by atoms with E-state index in [1.807, 2.05) is 16.5 Å². The Morgan fingerprint density at radius 2 is 1.64 bits per heavy atom. The van der Waals surface area contributed by atoms with Crippen LogP contribution in [0.5, 0.6) is 0 Å². The topological polar surface area (TPSA) is 67.7 Å². The van der Waals surface area contributed by atoms with Gasteiger partial charge in [0.15, 0.2) is 14.1 Å². The van der Waals surface area contributed by atoms with E-state index in [1.54, 1.807) is 4.90 Å². The lowest BCUT2D eigenvalue weighted by Gasteiger charge is -2.44. The predicted octanol–water partition coefficient (Wildman–Crippen LogP) is 5.95. The summed E-state index contributed by atoms with van der Waals surface area (Å²) in [4.78, 5) is 35.6. The molecule has 0 N–H and O–H groups in total. The normalized spacial score (nSPS) is 25.0. The Hall–Kier alpha value is -2.19. The molecule has 3 aliphatic carbocycles. The van der Waals surface area contributed by atoms with Crippen molar-refractivity contribution in [3.05, 3.63) is 29.1 Å². The van der Waals surface area contributed by atoms with Crippen molar-refractivity contribution in [2.24, 2.45) is 7.05 Å². The van der Waals surface area contributed by atoms with E-state index in [2.05, 4.69) is 46.0 Å². The third kappa shape index (κ3) is 5.19. The van der Waals surface area contributed by atoms with Crippen LogP contribution in [-0.2, 0) is 16.3 Å². The van der Waals surface area contributed by atoms with Gasteiger partial charge in [-0.1, -0.05) is 26.8 Å². The highest BCUT2D eigenvalue weighted by atomic mass is 28.4. The molecule has 0 bridgehead atoms. The zero-order valence-corrected chi connectivity index (χ0v) is 25.8. The van der Waals surface area contributed by atoms with Crippen LogP contribution in [0.2, 0.25) is 18.1 Å². The molecule has 0 atom stereocenters. The number of benzene rings is 1. The van der Waals surface area contributed by atoms with Gasteiger partial charge >= 0.3 is 0 Å². The maximum Gasteiger partial charge on any atom is 0.290 e. The number of aryl methyl sites for hydroxylation is 1. The van der Waals surface area contributed by atoms with Crippen LogP contribution in [0.4, 0.5) is 0 Å².